The molecular weight excluding hydrogens is 300 g/mol. The maximum atomic E-state index is 12.2. The van der Waals surface area contributed by atoms with Crippen molar-refractivity contribution in [2.45, 2.75) is 26.3 Å². The van der Waals surface area contributed by atoms with Crippen molar-refractivity contribution in [3.63, 3.8) is 0 Å². The number of nitrogens with one attached hydrogen (secondary N) is 2. The molecular formula is C20H22N2O2. The number of methoxy groups -OCH3 is 1. The van der Waals surface area contributed by atoms with Gasteiger partial charge in [0.15, 0.2) is 0 Å². The van der Waals surface area contributed by atoms with E-state index < -0.39 is 0 Å². The van der Waals surface area contributed by atoms with Gasteiger partial charge < -0.3 is 15.0 Å². The fraction of sp³-hybridized carbons (Fsp3) is 0.250. The highest BCUT2D eigenvalue weighted by molar-refractivity contribution is 5.79. The van der Waals surface area contributed by atoms with Gasteiger partial charge in [0.2, 0.25) is 0 Å². The van der Waals surface area contributed by atoms with E-state index in [2.05, 4.69) is 29.4 Å². The molecule has 0 fully saturated rings. The number of hydrogen-bond acceptors (Lipinski definition) is 3. The smallest absolute Gasteiger partial charge is 0.253 e. The topological polar surface area (TPSA) is 54.1 Å². The summed E-state index contributed by atoms with van der Waals surface area (Å²) in [6, 6.07) is 15.9. The van der Waals surface area contributed by atoms with Crippen LogP contribution in [0.15, 0.2) is 53.3 Å². The maximum Gasteiger partial charge on any atom is 0.253 e. The van der Waals surface area contributed by atoms with Crippen molar-refractivity contribution in [3.05, 3.63) is 70.0 Å². The van der Waals surface area contributed by atoms with Crippen molar-refractivity contribution in [3.8, 4) is 5.75 Å². The van der Waals surface area contributed by atoms with E-state index in [1.807, 2.05) is 36.4 Å². The fourth-order valence-corrected chi connectivity index (χ4v) is 2.78. The third-order valence-electron chi connectivity index (χ3n) is 4.10. The SMILES string of the molecule is CCCc1ccc2[nH]c(=O)c(CNc3ccc(OC)cc3)cc2c1. The number of aryl methyl sites for hydroxylation is 1. The van der Waals surface area contributed by atoms with Crippen molar-refractivity contribution in [2.75, 3.05) is 12.4 Å². The Kier molecular flexibility index (Phi) is 4.85. The van der Waals surface area contributed by atoms with E-state index >= 15 is 0 Å². The molecule has 2 N–H and O–H groups in total. The highest BCUT2D eigenvalue weighted by Gasteiger charge is 2.04. The van der Waals surface area contributed by atoms with Gasteiger partial charge in [-0.1, -0.05) is 19.4 Å². The maximum absolute atomic E-state index is 12.2. The van der Waals surface area contributed by atoms with Crippen LogP contribution in [0.25, 0.3) is 10.9 Å². The van der Waals surface area contributed by atoms with Gasteiger partial charge >= 0.3 is 0 Å². The Hall–Kier alpha value is -2.75. The molecule has 0 unspecified atom stereocenters. The quantitative estimate of drug-likeness (QED) is 0.718. The lowest BCUT2D eigenvalue weighted by Crippen LogP contribution is -2.15. The van der Waals surface area contributed by atoms with Crippen LogP contribution in [0.3, 0.4) is 0 Å². The van der Waals surface area contributed by atoms with Crippen LogP contribution in [-0.2, 0) is 13.0 Å². The minimum atomic E-state index is -0.0493. The number of H-pyrrole nitrogens is 1. The average Bonchev–Trinajstić information content (AvgIpc) is 2.61. The Balaban J connectivity index is 1.82. The second kappa shape index (κ2) is 7.21. The van der Waals surface area contributed by atoms with Crippen LogP contribution in [0.2, 0.25) is 0 Å². The Morgan fingerprint density at radius 1 is 1.08 bits per heavy atom. The predicted molar refractivity (Wildman–Crippen MR) is 98.9 cm³/mol. The van der Waals surface area contributed by atoms with Crippen LogP contribution >= 0.6 is 0 Å². The molecule has 1 heterocycles. The first-order chi connectivity index (χ1) is 11.7. The molecule has 0 bridgehead atoms. The van der Waals surface area contributed by atoms with Gasteiger partial charge in [0.1, 0.15) is 5.75 Å². The third kappa shape index (κ3) is 3.59. The summed E-state index contributed by atoms with van der Waals surface area (Å²) in [4.78, 5) is 15.2. The zero-order valence-corrected chi connectivity index (χ0v) is 14.1. The molecule has 0 spiro atoms. The molecule has 3 rings (SSSR count). The van der Waals surface area contributed by atoms with Crippen molar-refractivity contribution < 1.29 is 4.74 Å². The second-order valence-electron chi connectivity index (χ2n) is 5.88. The number of ether oxygens (including phenoxy) is 1. The third-order valence-corrected chi connectivity index (χ3v) is 4.10. The van der Waals surface area contributed by atoms with Crippen molar-refractivity contribution in [2.24, 2.45) is 0 Å². The molecule has 0 aliphatic carbocycles. The van der Waals surface area contributed by atoms with Crippen LogP contribution < -0.4 is 15.6 Å². The highest BCUT2D eigenvalue weighted by atomic mass is 16.5. The lowest BCUT2D eigenvalue weighted by atomic mass is 10.1. The Morgan fingerprint density at radius 3 is 2.58 bits per heavy atom. The first kappa shape index (κ1) is 16.1. The van der Waals surface area contributed by atoms with Gasteiger partial charge in [-0.25, -0.2) is 0 Å². The molecule has 24 heavy (non-hydrogen) atoms. The minimum absolute atomic E-state index is 0.0493. The molecule has 0 saturated heterocycles. The lowest BCUT2D eigenvalue weighted by Gasteiger charge is -2.09. The summed E-state index contributed by atoms with van der Waals surface area (Å²) >= 11 is 0. The highest BCUT2D eigenvalue weighted by Crippen LogP contribution is 2.17. The summed E-state index contributed by atoms with van der Waals surface area (Å²) in [6.45, 7) is 2.65. The van der Waals surface area contributed by atoms with Crippen LogP contribution in [0, 0.1) is 0 Å². The number of fused-ring (bicyclic) bond motifs is 1. The van der Waals surface area contributed by atoms with Crippen LogP contribution in [0.1, 0.15) is 24.5 Å². The first-order valence-corrected chi connectivity index (χ1v) is 8.22. The summed E-state index contributed by atoms with van der Waals surface area (Å²) in [7, 11) is 1.64. The number of aromatic amines is 1. The summed E-state index contributed by atoms with van der Waals surface area (Å²) in [5, 5.41) is 4.36. The molecule has 0 atom stereocenters. The molecule has 0 aliphatic heterocycles. The van der Waals surface area contributed by atoms with Crippen molar-refractivity contribution >= 4 is 16.6 Å². The summed E-state index contributed by atoms with van der Waals surface area (Å²) in [6.07, 6.45) is 2.16. The van der Waals surface area contributed by atoms with E-state index in [9.17, 15) is 4.79 Å². The molecule has 1 aromatic heterocycles. The van der Waals surface area contributed by atoms with Gasteiger partial charge in [-0.15, -0.1) is 0 Å². The van der Waals surface area contributed by atoms with Gasteiger partial charge in [0.05, 0.1) is 7.11 Å². The van der Waals surface area contributed by atoms with Gasteiger partial charge in [-0.3, -0.25) is 4.79 Å². The van der Waals surface area contributed by atoms with Gasteiger partial charge in [-0.05, 0) is 59.8 Å². The van der Waals surface area contributed by atoms with Gasteiger partial charge in [0, 0.05) is 23.3 Å². The summed E-state index contributed by atoms with van der Waals surface area (Å²) in [5.74, 6) is 0.813. The molecule has 3 aromatic rings. The molecule has 4 nitrogen and oxygen atoms in total. The number of pyridine rings is 1. The van der Waals surface area contributed by atoms with Crippen LogP contribution in [0.4, 0.5) is 5.69 Å². The summed E-state index contributed by atoms with van der Waals surface area (Å²) in [5.41, 5.74) is 3.81. The van der Waals surface area contributed by atoms with Crippen molar-refractivity contribution in [1.82, 2.24) is 4.98 Å². The number of benzene rings is 2. The Labute approximate surface area is 141 Å². The van der Waals surface area contributed by atoms with Gasteiger partial charge in [0.25, 0.3) is 5.56 Å². The van der Waals surface area contributed by atoms with E-state index in [-0.39, 0.29) is 5.56 Å². The number of hydrogen-bond donors (Lipinski definition) is 2. The van der Waals surface area contributed by atoms with E-state index in [4.69, 9.17) is 4.74 Å². The van der Waals surface area contributed by atoms with E-state index in [0.717, 1.165) is 40.7 Å². The van der Waals surface area contributed by atoms with Crippen LogP contribution in [-0.4, -0.2) is 12.1 Å². The second-order valence-corrected chi connectivity index (χ2v) is 5.88. The van der Waals surface area contributed by atoms with Gasteiger partial charge in [-0.2, -0.15) is 0 Å². The Morgan fingerprint density at radius 2 is 1.88 bits per heavy atom. The Bertz CT molecular complexity index is 882. The standard InChI is InChI=1S/C20H22N2O2/c1-3-4-14-5-10-19-15(11-14)12-16(20(23)22-19)13-21-17-6-8-18(24-2)9-7-17/h5-12,21H,3-4,13H2,1-2H3,(H,22,23). The molecule has 0 aliphatic rings. The van der Waals surface area contributed by atoms with E-state index in [0.29, 0.717) is 6.54 Å². The summed E-state index contributed by atoms with van der Waals surface area (Å²) < 4.78 is 5.15. The zero-order valence-electron chi connectivity index (χ0n) is 14.1. The normalized spacial score (nSPS) is 10.8. The van der Waals surface area contributed by atoms with E-state index in [1.165, 1.54) is 5.56 Å². The molecule has 0 saturated carbocycles. The predicted octanol–water partition coefficient (Wildman–Crippen LogP) is 4.10. The first-order valence-electron chi connectivity index (χ1n) is 8.22. The fourth-order valence-electron chi connectivity index (χ4n) is 2.78. The number of anilines is 1. The molecule has 124 valence electrons. The molecule has 4 heteroatoms. The number of rotatable bonds is 6. The minimum Gasteiger partial charge on any atom is -0.497 e. The molecule has 2 aromatic carbocycles. The zero-order chi connectivity index (χ0) is 16.9. The largest absolute Gasteiger partial charge is 0.497 e. The average molecular weight is 322 g/mol. The lowest BCUT2D eigenvalue weighted by molar-refractivity contribution is 0.415. The molecule has 0 radical (unpaired) electrons. The monoisotopic (exact) mass is 322 g/mol. The number of aromatic nitrogens is 1. The van der Waals surface area contributed by atoms with E-state index in [1.54, 1.807) is 7.11 Å². The molecule has 0 amide bonds. The van der Waals surface area contributed by atoms with Crippen LogP contribution in [0.5, 0.6) is 5.75 Å². The van der Waals surface area contributed by atoms with Crippen molar-refractivity contribution in [1.29, 1.82) is 0 Å².